The number of nitrogens with zero attached hydrogens (tertiary/aromatic N) is 1. The lowest BCUT2D eigenvalue weighted by Gasteiger charge is -2.52. The lowest BCUT2D eigenvalue weighted by Crippen LogP contribution is -2.70. The molecule has 109 heavy (non-hydrogen) atoms. The second-order valence-electron chi connectivity index (χ2n) is 32.6. The second-order valence-corrected chi connectivity index (χ2v) is 33.8. The SMILES string of the molecule is CC(C)(C)C(=O)OC[C@H]1O[C@@H](Sc2ccccc2)[C@H](OC(=O)C(C)(C)C)[C@@H](OC(=O)C(C)(C)C)[C@@H]1O[C@@H]1O[C@H](COC(=O)c2ccccc2)[C@H](O[C@@H]2O[C@H](COCc3ccccc3)[C@H](OCc3ccccc3)[C@H](OCc3ccccc3)[C@H]2N2C(=O)c3ccccc3C2=O)[C@H](OC(=O)C(C)(C)C)[C@H]1OC(=O)C(C)(C)C. The highest BCUT2D eigenvalue weighted by Gasteiger charge is 2.62. The molecule has 0 bridgehead atoms. The summed E-state index contributed by atoms with van der Waals surface area (Å²) in [6.07, 6.45) is -22.1. The molecule has 24 heteroatoms. The summed E-state index contributed by atoms with van der Waals surface area (Å²) in [4.78, 5) is 121. The van der Waals surface area contributed by atoms with E-state index < -0.39 is 179 Å². The van der Waals surface area contributed by atoms with E-state index in [2.05, 4.69) is 0 Å². The van der Waals surface area contributed by atoms with Crippen LogP contribution >= 0.6 is 11.8 Å². The Labute approximate surface area is 641 Å². The van der Waals surface area contributed by atoms with Crippen molar-refractivity contribution in [2.75, 3.05) is 19.8 Å². The van der Waals surface area contributed by atoms with Gasteiger partial charge in [0.25, 0.3) is 11.8 Å². The van der Waals surface area contributed by atoms with Crippen molar-refractivity contribution in [1.29, 1.82) is 0 Å². The molecule has 0 radical (unpaired) electrons. The normalized spacial score (nSPS) is 25.3. The molecular weight excluding hydrogens is 1420 g/mol. The van der Waals surface area contributed by atoms with Crippen LogP contribution in [-0.4, -0.2) is 164 Å². The average molecular weight is 1520 g/mol. The first-order chi connectivity index (χ1) is 51.5. The van der Waals surface area contributed by atoms with Crippen LogP contribution in [-0.2, 0) is 110 Å². The fourth-order valence-corrected chi connectivity index (χ4v) is 13.2. The summed E-state index contributed by atoms with van der Waals surface area (Å²) in [5, 5.41) is 0. The quantitative estimate of drug-likeness (QED) is 0.0277. The smallest absolute Gasteiger partial charge is 0.338 e. The average Bonchev–Trinajstić information content (AvgIpc) is 1.65. The van der Waals surface area contributed by atoms with Crippen LogP contribution in [0.15, 0.2) is 181 Å². The number of imide groups is 1. The number of ether oxygens (including phenoxy) is 14. The van der Waals surface area contributed by atoms with E-state index in [1.165, 1.54) is 24.3 Å². The third-order valence-electron chi connectivity index (χ3n) is 18.3. The molecule has 0 N–H and O–H groups in total. The minimum atomic E-state index is -2.08. The molecule has 4 aliphatic rings. The zero-order valence-corrected chi connectivity index (χ0v) is 65.3. The third kappa shape index (κ3) is 21.3. The second kappa shape index (κ2) is 35.6. The summed E-state index contributed by atoms with van der Waals surface area (Å²) in [6.45, 7) is 22.4. The van der Waals surface area contributed by atoms with Gasteiger partial charge in [0.15, 0.2) is 37.0 Å². The van der Waals surface area contributed by atoms with Crippen molar-refractivity contribution >= 4 is 59.4 Å². The maximum atomic E-state index is 15.6. The van der Waals surface area contributed by atoms with Gasteiger partial charge in [0.1, 0.15) is 67.4 Å². The minimum absolute atomic E-state index is 0.0392. The Morgan fingerprint density at radius 1 is 0.367 bits per heavy atom. The van der Waals surface area contributed by atoms with Gasteiger partial charge in [0.05, 0.1) is 70.2 Å². The molecule has 4 aliphatic heterocycles. The lowest BCUT2D eigenvalue weighted by molar-refractivity contribution is -0.370. The number of rotatable bonds is 26. The zero-order chi connectivity index (χ0) is 78.8. The van der Waals surface area contributed by atoms with Crippen LogP contribution in [0.3, 0.4) is 0 Å². The number of thioether (sulfide) groups is 1. The van der Waals surface area contributed by atoms with Crippen molar-refractivity contribution < 1.29 is 105 Å². The van der Waals surface area contributed by atoms with Crippen LogP contribution in [0.4, 0.5) is 0 Å². The van der Waals surface area contributed by atoms with Gasteiger partial charge in [-0.3, -0.25) is 38.5 Å². The number of fused-ring (bicyclic) bond motifs is 1. The maximum absolute atomic E-state index is 15.6. The number of esters is 6. The van der Waals surface area contributed by atoms with Crippen LogP contribution in [0, 0.1) is 27.1 Å². The molecule has 6 aromatic rings. The van der Waals surface area contributed by atoms with Crippen LogP contribution < -0.4 is 0 Å². The van der Waals surface area contributed by atoms with Gasteiger partial charge in [-0.1, -0.05) is 151 Å². The zero-order valence-electron chi connectivity index (χ0n) is 64.5. The third-order valence-corrected chi connectivity index (χ3v) is 19.4. The summed E-state index contributed by atoms with van der Waals surface area (Å²) in [5.41, 5.74) is -5.09. The highest BCUT2D eigenvalue weighted by atomic mass is 32.2. The van der Waals surface area contributed by atoms with E-state index >= 15 is 19.2 Å². The van der Waals surface area contributed by atoms with Gasteiger partial charge in [0, 0.05) is 4.90 Å². The summed E-state index contributed by atoms with van der Waals surface area (Å²) in [7, 11) is 0. The van der Waals surface area contributed by atoms with Gasteiger partial charge in [-0.05, 0) is 157 Å². The summed E-state index contributed by atoms with van der Waals surface area (Å²) < 4.78 is 96.2. The minimum Gasteiger partial charge on any atom is -0.462 e. The Morgan fingerprint density at radius 2 is 0.734 bits per heavy atom. The molecule has 0 aromatic heterocycles. The molecule has 3 saturated heterocycles. The largest absolute Gasteiger partial charge is 0.462 e. The van der Waals surface area contributed by atoms with Gasteiger partial charge >= 0.3 is 35.8 Å². The van der Waals surface area contributed by atoms with Crippen LogP contribution in [0.5, 0.6) is 0 Å². The lowest BCUT2D eigenvalue weighted by atomic mass is 9.92. The van der Waals surface area contributed by atoms with Gasteiger partial charge in [0.2, 0.25) is 0 Å². The number of amides is 2. The summed E-state index contributed by atoms with van der Waals surface area (Å²) in [6, 6.07) is 49.5. The standard InChI is InChI=1S/C85H101NO22S/c1-81(2,3)76(90)99-50-60-64(67(106-78(92)83(7,8)9)69(108-80(94)85(13,14)15)75(102-60)109-55-41-29-20-30-42-55)104-74-68(107-79(93)84(10,11)12)66(105-77(91)82(4,5)6)63(59(101-74)49-98-72(89)54-39-27-19-28-40-54)103-73-61(86-70(87)56-43-31-32-44-57(56)71(86)88)65(97-47-53-37-25-18-26-38-53)62(96-46-52-35-23-17-24-36-52)58(100-73)48-95-45-51-33-21-16-22-34-51/h16-44,58-69,73-75H,45-50H2,1-15H3/t58-,59-,60-,61-,62+,63+,64-,65-,66+,67+,68-,69-,73+,74+,75+/m1/s1. The van der Waals surface area contributed by atoms with E-state index in [4.69, 9.17) is 66.3 Å². The molecule has 4 heterocycles. The molecule has 0 saturated carbocycles. The predicted molar refractivity (Wildman–Crippen MR) is 399 cm³/mol. The fraction of sp³-hybridized carbons (Fsp3) is 0.482. The van der Waals surface area contributed by atoms with E-state index in [0.29, 0.717) is 10.5 Å². The first-order valence-electron chi connectivity index (χ1n) is 36.7. The number of hydrogen-bond donors (Lipinski definition) is 0. The Bertz CT molecular complexity index is 4040. The molecule has 23 nitrogen and oxygen atoms in total. The Hall–Kier alpha value is -8.69. The highest BCUT2D eigenvalue weighted by Crippen LogP contribution is 2.44. The molecular formula is C85H101NO22S. The predicted octanol–water partition coefficient (Wildman–Crippen LogP) is 13.1. The molecule has 0 aliphatic carbocycles. The van der Waals surface area contributed by atoms with Crippen molar-refractivity contribution in [3.8, 4) is 0 Å². The number of carbonyl (C=O) groups excluding carboxylic acids is 8. The first-order valence-corrected chi connectivity index (χ1v) is 37.6. The highest BCUT2D eigenvalue weighted by molar-refractivity contribution is 7.99. The molecule has 15 atom stereocenters. The monoisotopic (exact) mass is 1520 g/mol. The maximum Gasteiger partial charge on any atom is 0.338 e. The molecule has 0 unspecified atom stereocenters. The first kappa shape index (κ1) is 82.8. The van der Waals surface area contributed by atoms with E-state index in [9.17, 15) is 19.2 Å². The van der Waals surface area contributed by atoms with Gasteiger partial charge in [-0.2, -0.15) is 0 Å². The Kier molecular flexibility index (Phi) is 27.0. The molecule has 10 rings (SSSR count). The van der Waals surface area contributed by atoms with Crippen molar-refractivity contribution in [2.24, 2.45) is 27.1 Å². The Balaban J connectivity index is 1.19. The molecule has 584 valence electrons. The molecule has 0 spiro atoms. The van der Waals surface area contributed by atoms with E-state index in [0.717, 1.165) is 27.8 Å². The van der Waals surface area contributed by atoms with E-state index in [1.807, 2.05) is 97.1 Å². The van der Waals surface area contributed by atoms with Crippen molar-refractivity contribution in [1.82, 2.24) is 4.90 Å². The number of benzene rings is 6. The fourth-order valence-electron chi connectivity index (χ4n) is 12.1. The van der Waals surface area contributed by atoms with Crippen molar-refractivity contribution in [2.45, 2.75) is 220 Å². The van der Waals surface area contributed by atoms with E-state index in [-0.39, 0.29) is 43.1 Å². The van der Waals surface area contributed by atoms with Gasteiger partial charge in [-0.25, -0.2) is 4.79 Å². The molecule has 2 amide bonds. The summed E-state index contributed by atoms with van der Waals surface area (Å²) in [5.74, 6) is -6.45. The topological polar surface area (TPSA) is 269 Å². The molecule has 6 aromatic carbocycles. The molecule has 3 fully saturated rings. The Morgan fingerprint density at radius 3 is 1.21 bits per heavy atom. The van der Waals surface area contributed by atoms with Crippen LogP contribution in [0.25, 0.3) is 0 Å². The van der Waals surface area contributed by atoms with Gasteiger partial charge < -0.3 is 66.3 Å². The summed E-state index contributed by atoms with van der Waals surface area (Å²) >= 11 is 1.12. The van der Waals surface area contributed by atoms with Gasteiger partial charge in [-0.15, -0.1) is 0 Å². The van der Waals surface area contributed by atoms with Crippen LogP contribution in [0.2, 0.25) is 0 Å². The van der Waals surface area contributed by atoms with Crippen molar-refractivity contribution in [3.05, 3.63) is 209 Å². The van der Waals surface area contributed by atoms with Crippen molar-refractivity contribution in [3.63, 3.8) is 0 Å². The number of hydrogen-bond acceptors (Lipinski definition) is 23. The van der Waals surface area contributed by atoms with E-state index in [1.54, 1.807) is 158 Å². The number of carbonyl (C=O) groups is 8. The van der Waals surface area contributed by atoms with Crippen LogP contribution in [0.1, 0.15) is 152 Å².